The SMILES string of the molecule is Cc1nnc(N2CC(C)(C)c3c2ncnc3N2C[C@@H](C)N(C(=O)[C@@]3(C)CCS3(=O)=O)C[C@@H]2C)cc1C#N. The minimum absolute atomic E-state index is 0.0685. The number of anilines is 3. The van der Waals surface area contributed by atoms with Gasteiger partial charge < -0.3 is 14.7 Å². The highest BCUT2D eigenvalue weighted by Gasteiger charge is 2.57. The molecule has 0 bridgehead atoms. The molecule has 0 radical (unpaired) electrons. The van der Waals surface area contributed by atoms with E-state index in [4.69, 9.17) is 4.98 Å². The van der Waals surface area contributed by atoms with E-state index in [1.54, 1.807) is 24.8 Å². The summed E-state index contributed by atoms with van der Waals surface area (Å²) in [6.07, 6.45) is 1.90. The van der Waals surface area contributed by atoms with Gasteiger partial charge in [0, 0.05) is 48.8 Å². The van der Waals surface area contributed by atoms with Crippen LogP contribution in [-0.4, -0.2) is 81.6 Å². The van der Waals surface area contributed by atoms with Gasteiger partial charge in [-0.25, -0.2) is 18.4 Å². The molecule has 5 heterocycles. The Morgan fingerprint density at radius 2 is 1.81 bits per heavy atom. The highest BCUT2D eigenvalue weighted by atomic mass is 32.2. The molecule has 5 rings (SSSR count). The lowest BCUT2D eigenvalue weighted by atomic mass is 9.87. The number of aryl methyl sites for hydroxylation is 1. The molecule has 0 aliphatic carbocycles. The first-order chi connectivity index (χ1) is 17.3. The summed E-state index contributed by atoms with van der Waals surface area (Å²) in [5, 5.41) is 18.0. The van der Waals surface area contributed by atoms with E-state index < -0.39 is 14.6 Å². The lowest BCUT2D eigenvalue weighted by Crippen LogP contribution is -2.66. The molecular formula is C25H32N8O3S. The number of fused-ring (bicyclic) bond motifs is 1. The van der Waals surface area contributed by atoms with Gasteiger partial charge in [-0.1, -0.05) is 13.8 Å². The van der Waals surface area contributed by atoms with Crippen molar-refractivity contribution in [2.75, 3.05) is 35.2 Å². The molecule has 2 fully saturated rings. The molecule has 0 aromatic carbocycles. The summed E-state index contributed by atoms with van der Waals surface area (Å²) < 4.78 is 23.5. The van der Waals surface area contributed by atoms with Crippen molar-refractivity contribution < 1.29 is 13.2 Å². The number of hydrogen-bond acceptors (Lipinski definition) is 10. The monoisotopic (exact) mass is 524 g/mol. The molecule has 0 unspecified atom stereocenters. The van der Waals surface area contributed by atoms with E-state index >= 15 is 0 Å². The third kappa shape index (κ3) is 3.74. The topological polar surface area (TPSA) is 136 Å². The van der Waals surface area contributed by atoms with Crippen molar-refractivity contribution in [1.29, 1.82) is 5.26 Å². The second-order valence-corrected chi connectivity index (χ2v) is 13.8. The van der Waals surface area contributed by atoms with Gasteiger partial charge in [0.05, 0.1) is 17.0 Å². The molecule has 0 saturated carbocycles. The van der Waals surface area contributed by atoms with E-state index in [0.29, 0.717) is 43.1 Å². The molecule has 2 saturated heterocycles. The molecule has 37 heavy (non-hydrogen) atoms. The fraction of sp³-hybridized carbons (Fsp3) is 0.600. The Balaban J connectivity index is 1.48. The third-order valence-corrected chi connectivity index (χ3v) is 10.7. The van der Waals surface area contributed by atoms with E-state index in [1.807, 2.05) is 18.7 Å². The van der Waals surface area contributed by atoms with Gasteiger partial charge in [-0.15, -0.1) is 5.10 Å². The van der Waals surface area contributed by atoms with Gasteiger partial charge in [0.2, 0.25) is 5.91 Å². The molecule has 0 spiro atoms. The molecule has 2 aromatic rings. The van der Waals surface area contributed by atoms with Crippen LogP contribution in [-0.2, 0) is 20.0 Å². The molecule has 1 amide bonds. The van der Waals surface area contributed by atoms with Crippen LogP contribution in [0.15, 0.2) is 12.4 Å². The molecule has 2 aromatic heterocycles. The molecule has 0 N–H and O–H groups in total. The van der Waals surface area contributed by atoms with Crippen molar-refractivity contribution in [2.24, 2.45) is 0 Å². The molecular weight excluding hydrogens is 492 g/mol. The molecule has 3 aliphatic heterocycles. The number of amides is 1. The number of rotatable bonds is 3. The van der Waals surface area contributed by atoms with Crippen molar-refractivity contribution >= 4 is 33.2 Å². The van der Waals surface area contributed by atoms with Gasteiger partial charge >= 0.3 is 0 Å². The highest BCUT2D eigenvalue weighted by molar-refractivity contribution is 7.95. The molecule has 3 aliphatic rings. The summed E-state index contributed by atoms with van der Waals surface area (Å²) in [7, 11) is -3.40. The Labute approximate surface area is 217 Å². The molecule has 12 heteroatoms. The largest absolute Gasteiger partial charge is 0.350 e. The Morgan fingerprint density at radius 1 is 1.11 bits per heavy atom. The van der Waals surface area contributed by atoms with Crippen molar-refractivity contribution in [1.82, 2.24) is 25.1 Å². The predicted octanol–water partition coefficient (Wildman–Crippen LogP) is 1.88. The van der Waals surface area contributed by atoms with E-state index in [2.05, 4.69) is 40.0 Å². The van der Waals surface area contributed by atoms with Gasteiger partial charge in [0.15, 0.2) is 15.7 Å². The second kappa shape index (κ2) is 8.34. The van der Waals surface area contributed by atoms with Gasteiger partial charge in [-0.2, -0.15) is 10.4 Å². The number of sulfone groups is 1. The number of nitriles is 1. The number of aromatic nitrogens is 4. The maximum Gasteiger partial charge on any atom is 0.244 e. The van der Waals surface area contributed by atoms with Crippen LogP contribution in [0.5, 0.6) is 0 Å². The maximum atomic E-state index is 13.3. The zero-order valence-electron chi connectivity index (χ0n) is 22.1. The van der Waals surface area contributed by atoms with Crippen molar-refractivity contribution in [2.45, 2.75) is 70.2 Å². The standard InChI is InChI=1S/C25H32N8O3S/c1-15-12-32(23(34)25(6)7-8-37(25,35)36)16(2)11-31(15)21-20-22(28-14-27-21)33(13-24(20,4)5)19-9-18(10-26)17(3)29-30-19/h9,14-16H,7-8,11-13H2,1-6H3/t15-,16+,25+/m0/s1. The van der Waals surface area contributed by atoms with E-state index in [1.165, 1.54) is 6.33 Å². The summed E-state index contributed by atoms with van der Waals surface area (Å²) >= 11 is 0. The number of carbonyl (C=O) groups is 1. The Hall–Kier alpha value is -3.33. The Kier molecular flexibility index (Phi) is 5.71. The van der Waals surface area contributed by atoms with Gasteiger partial charge in [-0.05, 0) is 34.1 Å². The Morgan fingerprint density at radius 3 is 2.43 bits per heavy atom. The third-order valence-electron chi connectivity index (χ3n) is 8.16. The van der Waals surface area contributed by atoms with Gasteiger partial charge in [-0.3, -0.25) is 4.79 Å². The van der Waals surface area contributed by atoms with E-state index in [0.717, 1.165) is 17.2 Å². The lowest BCUT2D eigenvalue weighted by molar-refractivity contribution is -0.137. The maximum absolute atomic E-state index is 13.3. The van der Waals surface area contributed by atoms with Crippen LogP contribution in [0.25, 0.3) is 0 Å². The summed E-state index contributed by atoms with van der Waals surface area (Å²) in [5.74, 6) is 1.85. The average Bonchev–Trinajstić information content (AvgIpc) is 3.14. The molecule has 196 valence electrons. The number of piperazine rings is 1. The first-order valence-electron chi connectivity index (χ1n) is 12.5. The average molecular weight is 525 g/mol. The van der Waals surface area contributed by atoms with Crippen LogP contribution in [0.2, 0.25) is 0 Å². The highest BCUT2D eigenvalue weighted by Crippen LogP contribution is 2.47. The first kappa shape index (κ1) is 25.3. The van der Waals surface area contributed by atoms with Crippen molar-refractivity contribution in [3.8, 4) is 6.07 Å². The van der Waals surface area contributed by atoms with Crippen molar-refractivity contribution in [3.05, 3.63) is 29.2 Å². The first-order valence-corrected chi connectivity index (χ1v) is 14.1. The number of nitrogens with zero attached hydrogens (tertiary/aromatic N) is 8. The number of hydrogen-bond donors (Lipinski definition) is 0. The summed E-state index contributed by atoms with van der Waals surface area (Å²) in [4.78, 5) is 28.5. The minimum Gasteiger partial charge on any atom is -0.350 e. The quantitative estimate of drug-likeness (QED) is 0.585. The summed E-state index contributed by atoms with van der Waals surface area (Å²) in [5.41, 5.74) is 1.70. The zero-order chi connectivity index (χ0) is 26.9. The van der Waals surface area contributed by atoms with Crippen molar-refractivity contribution in [3.63, 3.8) is 0 Å². The lowest BCUT2D eigenvalue weighted by Gasteiger charge is -2.49. The fourth-order valence-corrected chi connectivity index (χ4v) is 7.18. The predicted molar refractivity (Wildman–Crippen MR) is 138 cm³/mol. The smallest absolute Gasteiger partial charge is 0.244 e. The zero-order valence-corrected chi connectivity index (χ0v) is 22.9. The van der Waals surface area contributed by atoms with Crippen LogP contribution in [0, 0.1) is 18.3 Å². The summed E-state index contributed by atoms with van der Waals surface area (Å²) in [6.45, 7) is 13.1. The van der Waals surface area contributed by atoms with Crippen LogP contribution in [0.4, 0.5) is 17.5 Å². The number of carbonyl (C=O) groups excluding carboxylic acids is 1. The molecule has 3 atom stereocenters. The van der Waals surface area contributed by atoms with Gasteiger partial charge in [0.1, 0.15) is 28.8 Å². The van der Waals surface area contributed by atoms with Crippen LogP contribution in [0.1, 0.15) is 57.9 Å². The van der Waals surface area contributed by atoms with E-state index in [-0.39, 0.29) is 29.2 Å². The molecule has 11 nitrogen and oxygen atoms in total. The van der Waals surface area contributed by atoms with Crippen LogP contribution in [0.3, 0.4) is 0 Å². The summed E-state index contributed by atoms with van der Waals surface area (Å²) in [6, 6.07) is 3.64. The van der Waals surface area contributed by atoms with Gasteiger partial charge in [0.25, 0.3) is 0 Å². The fourth-order valence-electron chi connectivity index (χ4n) is 5.64. The normalized spacial score (nSPS) is 27.9. The van der Waals surface area contributed by atoms with Crippen LogP contribution >= 0.6 is 0 Å². The Bertz CT molecular complexity index is 1440. The van der Waals surface area contributed by atoms with E-state index in [9.17, 15) is 18.5 Å². The van der Waals surface area contributed by atoms with Crippen LogP contribution < -0.4 is 9.80 Å². The second-order valence-electron chi connectivity index (χ2n) is 11.3. The minimum atomic E-state index is -3.40.